The van der Waals surface area contributed by atoms with Crippen LogP contribution in [0, 0.1) is 9.39 Å². The largest absolute Gasteiger partial charge is 0.493 e. The molecule has 0 saturated carbocycles. The van der Waals surface area contributed by atoms with Gasteiger partial charge >= 0.3 is 5.91 Å². The number of halogens is 2. The predicted octanol–water partition coefficient (Wildman–Crippen LogP) is 5.53. The molecule has 0 bridgehead atoms. The molecule has 4 rings (SSSR count). The van der Waals surface area contributed by atoms with Gasteiger partial charge in [-0.15, -0.1) is 0 Å². The number of furan rings is 1. The van der Waals surface area contributed by atoms with E-state index in [4.69, 9.17) is 13.9 Å². The van der Waals surface area contributed by atoms with Crippen LogP contribution >= 0.6 is 22.6 Å². The number of amides is 1. The summed E-state index contributed by atoms with van der Waals surface area (Å²) in [5, 5.41) is 4.86. The number of hydrogen-bond acceptors (Lipinski definition) is 5. The lowest BCUT2D eigenvalue weighted by molar-refractivity contribution is 0.0929. The molecule has 8 heteroatoms. The van der Waals surface area contributed by atoms with Crippen molar-refractivity contribution in [2.75, 3.05) is 7.11 Å². The van der Waals surface area contributed by atoms with Crippen LogP contribution < -0.4 is 14.9 Å². The van der Waals surface area contributed by atoms with Gasteiger partial charge in [0.2, 0.25) is 0 Å². The first-order chi connectivity index (χ1) is 15.5. The number of para-hydroxylation sites is 1. The van der Waals surface area contributed by atoms with Crippen LogP contribution in [0.2, 0.25) is 0 Å². The van der Waals surface area contributed by atoms with Crippen LogP contribution in [-0.2, 0) is 6.61 Å². The molecule has 0 unspecified atom stereocenters. The molecule has 32 heavy (non-hydrogen) atoms. The van der Waals surface area contributed by atoms with E-state index in [0.717, 1.165) is 14.5 Å². The monoisotopic (exact) mass is 544 g/mol. The first kappa shape index (κ1) is 21.8. The molecule has 0 radical (unpaired) electrons. The fourth-order valence-corrected chi connectivity index (χ4v) is 3.79. The number of ether oxygens (including phenoxy) is 2. The molecule has 0 atom stereocenters. The highest BCUT2D eigenvalue weighted by Gasteiger charge is 2.13. The Balaban J connectivity index is 1.44. The fraction of sp³-hybridized carbons (Fsp3) is 0.0833. The van der Waals surface area contributed by atoms with Crippen LogP contribution in [0.4, 0.5) is 4.39 Å². The van der Waals surface area contributed by atoms with Gasteiger partial charge in [-0.1, -0.05) is 30.3 Å². The molecule has 1 amide bonds. The van der Waals surface area contributed by atoms with Crippen LogP contribution in [0.1, 0.15) is 21.7 Å². The molecule has 1 heterocycles. The summed E-state index contributed by atoms with van der Waals surface area (Å²) in [4.78, 5) is 12.3. The molecule has 4 aromatic rings. The van der Waals surface area contributed by atoms with E-state index in [1.165, 1.54) is 18.3 Å². The maximum atomic E-state index is 13.1. The predicted molar refractivity (Wildman–Crippen MR) is 128 cm³/mol. The Bertz CT molecular complexity index is 1250. The van der Waals surface area contributed by atoms with Gasteiger partial charge in [0.25, 0.3) is 0 Å². The van der Waals surface area contributed by atoms with Crippen molar-refractivity contribution in [1.82, 2.24) is 5.43 Å². The molecule has 0 aliphatic carbocycles. The van der Waals surface area contributed by atoms with Crippen molar-refractivity contribution in [3.63, 3.8) is 0 Å². The molecular weight excluding hydrogens is 526 g/mol. The quantitative estimate of drug-likeness (QED) is 0.189. The van der Waals surface area contributed by atoms with Crippen molar-refractivity contribution in [3.05, 3.63) is 93.0 Å². The van der Waals surface area contributed by atoms with Crippen molar-refractivity contribution >= 4 is 45.7 Å². The Hall–Kier alpha value is -3.40. The van der Waals surface area contributed by atoms with E-state index in [1.807, 2.05) is 24.3 Å². The highest BCUT2D eigenvalue weighted by Crippen LogP contribution is 2.34. The average molecular weight is 544 g/mol. The third kappa shape index (κ3) is 5.08. The number of nitrogens with zero attached hydrogens (tertiary/aromatic N) is 1. The van der Waals surface area contributed by atoms with E-state index < -0.39 is 5.91 Å². The number of methoxy groups -OCH3 is 1. The Morgan fingerprint density at radius 3 is 2.69 bits per heavy atom. The molecule has 0 saturated heterocycles. The number of carbonyl (C=O) groups excluding carboxylic acids is 1. The number of hydrazone groups is 1. The van der Waals surface area contributed by atoms with E-state index in [-0.39, 0.29) is 18.2 Å². The van der Waals surface area contributed by atoms with Gasteiger partial charge in [0, 0.05) is 5.39 Å². The lowest BCUT2D eigenvalue weighted by Crippen LogP contribution is -2.16. The van der Waals surface area contributed by atoms with E-state index in [2.05, 4.69) is 33.1 Å². The topological polar surface area (TPSA) is 73.1 Å². The minimum Gasteiger partial charge on any atom is -0.493 e. The standard InChI is InChI=1S/C24H18FIN2O4/c1-30-21-11-16(10-19(26)23(21)31-14-15-6-8-18(25)9-7-15)13-27-28-24(29)22-12-17-4-2-3-5-20(17)32-22/h2-13H,14H2,1H3,(H,28,29)/b27-13+. The van der Waals surface area contributed by atoms with Gasteiger partial charge < -0.3 is 13.9 Å². The summed E-state index contributed by atoms with van der Waals surface area (Å²) in [6.45, 7) is 0.271. The summed E-state index contributed by atoms with van der Waals surface area (Å²) in [6, 6.07) is 18.8. The van der Waals surface area contributed by atoms with Crippen molar-refractivity contribution in [2.45, 2.75) is 6.61 Å². The van der Waals surface area contributed by atoms with E-state index in [0.29, 0.717) is 22.6 Å². The van der Waals surface area contributed by atoms with Gasteiger partial charge in [-0.3, -0.25) is 4.79 Å². The molecule has 1 N–H and O–H groups in total. The van der Waals surface area contributed by atoms with E-state index in [1.54, 1.807) is 37.4 Å². The van der Waals surface area contributed by atoms with Crippen LogP contribution in [0.15, 0.2) is 76.2 Å². The number of benzene rings is 3. The number of nitrogens with one attached hydrogen (secondary N) is 1. The molecule has 3 aromatic carbocycles. The van der Waals surface area contributed by atoms with Crippen LogP contribution in [0.3, 0.4) is 0 Å². The van der Waals surface area contributed by atoms with Gasteiger partial charge in [-0.2, -0.15) is 5.10 Å². The zero-order valence-electron chi connectivity index (χ0n) is 17.0. The highest BCUT2D eigenvalue weighted by atomic mass is 127. The summed E-state index contributed by atoms with van der Waals surface area (Å²) < 4.78 is 30.7. The van der Waals surface area contributed by atoms with Crippen LogP contribution in [0.25, 0.3) is 11.0 Å². The minimum atomic E-state index is -0.446. The Labute approximate surface area is 197 Å². The molecule has 0 fully saturated rings. The summed E-state index contributed by atoms with van der Waals surface area (Å²) >= 11 is 2.14. The number of hydrogen-bond donors (Lipinski definition) is 1. The van der Waals surface area contributed by atoms with Gasteiger partial charge in [0.05, 0.1) is 16.9 Å². The van der Waals surface area contributed by atoms with Gasteiger partial charge in [-0.05, 0) is 70.1 Å². The number of fused-ring (bicyclic) bond motifs is 1. The summed E-state index contributed by atoms with van der Waals surface area (Å²) in [6.07, 6.45) is 1.51. The van der Waals surface area contributed by atoms with Crippen LogP contribution in [0.5, 0.6) is 11.5 Å². The lowest BCUT2D eigenvalue weighted by atomic mass is 10.2. The van der Waals surface area contributed by atoms with Crippen molar-refractivity contribution < 1.29 is 23.1 Å². The summed E-state index contributed by atoms with van der Waals surface area (Å²) in [7, 11) is 1.54. The number of rotatable bonds is 7. The molecule has 1 aromatic heterocycles. The molecule has 0 spiro atoms. The highest BCUT2D eigenvalue weighted by molar-refractivity contribution is 14.1. The lowest BCUT2D eigenvalue weighted by Gasteiger charge is -2.13. The second kappa shape index (κ2) is 9.82. The normalized spacial score (nSPS) is 11.1. The maximum Gasteiger partial charge on any atom is 0.307 e. The Kier molecular flexibility index (Phi) is 6.69. The first-order valence-electron chi connectivity index (χ1n) is 9.60. The third-order valence-electron chi connectivity index (χ3n) is 4.58. The minimum absolute atomic E-state index is 0.181. The van der Waals surface area contributed by atoms with Crippen molar-refractivity contribution in [2.24, 2.45) is 5.10 Å². The zero-order chi connectivity index (χ0) is 22.5. The van der Waals surface area contributed by atoms with E-state index >= 15 is 0 Å². The summed E-state index contributed by atoms with van der Waals surface area (Å²) in [5.41, 5.74) is 4.65. The maximum absolute atomic E-state index is 13.1. The second-order valence-electron chi connectivity index (χ2n) is 6.80. The molecular formula is C24H18FIN2O4. The smallest absolute Gasteiger partial charge is 0.307 e. The fourth-order valence-electron chi connectivity index (χ4n) is 3.00. The van der Waals surface area contributed by atoms with Crippen molar-refractivity contribution in [3.8, 4) is 11.5 Å². The first-order valence-corrected chi connectivity index (χ1v) is 10.7. The van der Waals surface area contributed by atoms with Gasteiger partial charge in [0.15, 0.2) is 17.3 Å². The Morgan fingerprint density at radius 2 is 1.94 bits per heavy atom. The van der Waals surface area contributed by atoms with Crippen LogP contribution in [-0.4, -0.2) is 19.2 Å². The molecule has 0 aliphatic heterocycles. The van der Waals surface area contributed by atoms with Crippen molar-refractivity contribution in [1.29, 1.82) is 0 Å². The third-order valence-corrected chi connectivity index (χ3v) is 5.38. The number of carbonyl (C=O) groups is 1. The van der Waals surface area contributed by atoms with E-state index in [9.17, 15) is 9.18 Å². The average Bonchev–Trinajstić information content (AvgIpc) is 3.23. The second-order valence-corrected chi connectivity index (χ2v) is 7.96. The SMILES string of the molecule is COc1cc(/C=N/NC(=O)c2cc3ccccc3o2)cc(I)c1OCc1ccc(F)cc1. The molecule has 6 nitrogen and oxygen atoms in total. The van der Waals surface area contributed by atoms with Gasteiger partial charge in [-0.25, -0.2) is 9.82 Å². The summed E-state index contributed by atoms with van der Waals surface area (Å²) in [5.74, 6) is 0.528. The zero-order valence-corrected chi connectivity index (χ0v) is 19.1. The Morgan fingerprint density at radius 1 is 1.16 bits per heavy atom. The van der Waals surface area contributed by atoms with Gasteiger partial charge in [0.1, 0.15) is 18.0 Å². The molecule has 162 valence electrons. The molecule has 0 aliphatic rings.